The standard InChI is InChI=1S/C23H23F4N3O/c1-15(14-23(25,26)27)22(31)29-11-9-18(10-12-29)30-20-13-17(24)7-8-19(20)28-21(30)16-5-3-2-4-6-16/h2-8,13,15,18H,9-12,14H2,1H3. The van der Waals surface area contributed by atoms with Gasteiger partial charge in [0.15, 0.2) is 0 Å². The minimum atomic E-state index is -4.36. The Bertz CT molecular complexity index is 1070. The van der Waals surface area contributed by atoms with Crippen LogP contribution in [0, 0.1) is 11.7 Å². The second-order valence-corrected chi connectivity index (χ2v) is 8.08. The minimum absolute atomic E-state index is 0.0380. The van der Waals surface area contributed by atoms with E-state index in [1.54, 1.807) is 6.07 Å². The molecular weight excluding hydrogens is 410 g/mol. The van der Waals surface area contributed by atoms with Gasteiger partial charge in [0.05, 0.1) is 17.5 Å². The zero-order valence-electron chi connectivity index (χ0n) is 17.1. The van der Waals surface area contributed by atoms with E-state index in [4.69, 9.17) is 4.98 Å². The number of amides is 1. The van der Waals surface area contributed by atoms with E-state index in [0.717, 1.165) is 11.4 Å². The molecule has 1 fully saturated rings. The summed E-state index contributed by atoms with van der Waals surface area (Å²) in [4.78, 5) is 18.7. The number of hydrogen-bond donors (Lipinski definition) is 0. The van der Waals surface area contributed by atoms with Crippen LogP contribution in [0.15, 0.2) is 48.5 Å². The minimum Gasteiger partial charge on any atom is -0.342 e. The van der Waals surface area contributed by atoms with Gasteiger partial charge in [0, 0.05) is 30.6 Å². The quantitative estimate of drug-likeness (QED) is 0.503. The number of rotatable bonds is 4. The number of imidazole rings is 1. The Morgan fingerprint density at radius 3 is 2.45 bits per heavy atom. The number of hydrogen-bond acceptors (Lipinski definition) is 2. The molecule has 1 saturated heterocycles. The Balaban J connectivity index is 1.59. The van der Waals surface area contributed by atoms with Gasteiger partial charge in [-0.25, -0.2) is 9.37 Å². The fourth-order valence-corrected chi connectivity index (χ4v) is 4.32. The van der Waals surface area contributed by atoms with E-state index in [-0.39, 0.29) is 11.9 Å². The Morgan fingerprint density at radius 1 is 1.13 bits per heavy atom. The van der Waals surface area contributed by atoms with E-state index < -0.39 is 24.4 Å². The molecule has 1 aromatic heterocycles. The van der Waals surface area contributed by atoms with Crippen molar-refractivity contribution in [1.29, 1.82) is 0 Å². The molecule has 1 atom stereocenters. The summed E-state index contributed by atoms with van der Waals surface area (Å²) in [5.41, 5.74) is 2.25. The Morgan fingerprint density at radius 2 is 1.81 bits per heavy atom. The predicted molar refractivity (Wildman–Crippen MR) is 110 cm³/mol. The molecule has 0 aliphatic carbocycles. The molecule has 1 amide bonds. The lowest BCUT2D eigenvalue weighted by Crippen LogP contribution is -2.42. The summed E-state index contributed by atoms with van der Waals surface area (Å²) in [5, 5.41) is 0. The van der Waals surface area contributed by atoms with Gasteiger partial charge in [-0.3, -0.25) is 4.79 Å². The summed E-state index contributed by atoms with van der Waals surface area (Å²) in [6.07, 6.45) is -4.36. The third-order valence-electron chi connectivity index (χ3n) is 5.78. The highest BCUT2D eigenvalue weighted by atomic mass is 19.4. The molecule has 4 rings (SSSR count). The SMILES string of the molecule is CC(CC(F)(F)F)C(=O)N1CCC(n2c(-c3ccccc3)nc3ccc(F)cc32)CC1. The fourth-order valence-electron chi connectivity index (χ4n) is 4.32. The summed E-state index contributed by atoms with van der Waals surface area (Å²) in [7, 11) is 0. The molecule has 0 N–H and O–H groups in total. The molecule has 1 unspecified atom stereocenters. The van der Waals surface area contributed by atoms with Crippen molar-refractivity contribution in [3.05, 3.63) is 54.3 Å². The first-order chi connectivity index (χ1) is 14.7. The van der Waals surface area contributed by atoms with Gasteiger partial charge in [-0.05, 0) is 31.0 Å². The average Bonchev–Trinajstić information content (AvgIpc) is 3.11. The summed E-state index contributed by atoms with van der Waals surface area (Å²) in [6.45, 7) is 2.03. The normalized spacial score (nSPS) is 16.6. The monoisotopic (exact) mass is 433 g/mol. The highest BCUT2D eigenvalue weighted by Crippen LogP contribution is 2.34. The third-order valence-corrected chi connectivity index (χ3v) is 5.78. The first kappa shape index (κ1) is 21.3. The third kappa shape index (κ3) is 4.57. The van der Waals surface area contributed by atoms with Crippen molar-refractivity contribution in [3.8, 4) is 11.4 Å². The van der Waals surface area contributed by atoms with Crippen LogP contribution >= 0.6 is 0 Å². The van der Waals surface area contributed by atoms with E-state index in [2.05, 4.69) is 0 Å². The predicted octanol–water partition coefficient (Wildman–Crippen LogP) is 5.59. The molecule has 4 nitrogen and oxygen atoms in total. The van der Waals surface area contributed by atoms with Crippen LogP contribution < -0.4 is 0 Å². The van der Waals surface area contributed by atoms with Crippen LogP contribution in [0.1, 0.15) is 32.2 Å². The number of alkyl halides is 3. The number of carbonyl (C=O) groups is 1. The summed E-state index contributed by atoms with van der Waals surface area (Å²) in [6, 6.07) is 14.0. The van der Waals surface area contributed by atoms with Crippen molar-refractivity contribution in [2.24, 2.45) is 5.92 Å². The van der Waals surface area contributed by atoms with Crippen LogP contribution in [0.2, 0.25) is 0 Å². The lowest BCUT2D eigenvalue weighted by molar-refractivity contribution is -0.158. The van der Waals surface area contributed by atoms with Crippen LogP contribution in [-0.2, 0) is 4.79 Å². The number of halogens is 4. The lowest BCUT2D eigenvalue weighted by Gasteiger charge is -2.35. The number of piperidine rings is 1. The van der Waals surface area contributed by atoms with Gasteiger partial charge in [-0.1, -0.05) is 37.3 Å². The molecule has 164 valence electrons. The molecule has 3 aromatic rings. The van der Waals surface area contributed by atoms with Gasteiger partial charge in [0.2, 0.25) is 5.91 Å². The van der Waals surface area contributed by atoms with E-state index in [0.29, 0.717) is 37.0 Å². The van der Waals surface area contributed by atoms with Crippen molar-refractivity contribution in [1.82, 2.24) is 14.5 Å². The highest BCUT2D eigenvalue weighted by Gasteiger charge is 2.36. The average molecular weight is 433 g/mol. The maximum absolute atomic E-state index is 14.0. The molecule has 8 heteroatoms. The molecule has 0 saturated carbocycles. The maximum Gasteiger partial charge on any atom is 0.389 e. The molecular formula is C23H23F4N3O. The Kier molecular flexibility index (Phi) is 5.73. The van der Waals surface area contributed by atoms with Gasteiger partial charge in [-0.2, -0.15) is 13.2 Å². The molecule has 1 aliphatic heterocycles. The Hall–Kier alpha value is -2.90. The maximum atomic E-state index is 14.0. The topological polar surface area (TPSA) is 38.1 Å². The first-order valence-electron chi connectivity index (χ1n) is 10.3. The number of nitrogens with zero attached hydrogens (tertiary/aromatic N) is 3. The highest BCUT2D eigenvalue weighted by molar-refractivity contribution is 5.81. The number of likely N-dealkylation sites (tertiary alicyclic amines) is 1. The van der Waals surface area contributed by atoms with E-state index in [1.165, 1.54) is 24.0 Å². The van der Waals surface area contributed by atoms with E-state index in [9.17, 15) is 22.4 Å². The van der Waals surface area contributed by atoms with Crippen LogP contribution in [0.5, 0.6) is 0 Å². The van der Waals surface area contributed by atoms with Crippen molar-refractivity contribution in [3.63, 3.8) is 0 Å². The number of benzene rings is 2. The fraction of sp³-hybridized carbons (Fsp3) is 0.391. The Labute approximate surface area is 177 Å². The van der Waals surface area contributed by atoms with Gasteiger partial charge < -0.3 is 9.47 Å². The molecule has 0 radical (unpaired) electrons. The first-order valence-corrected chi connectivity index (χ1v) is 10.3. The van der Waals surface area contributed by atoms with Crippen LogP contribution in [0.4, 0.5) is 17.6 Å². The number of aromatic nitrogens is 2. The molecule has 1 aliphatic rings. The molecule has 0 bridgehead atoms. The van der Waals surface area contributed by atoms with Crippen LogP contribution in [0.25, 0.3) is 22.4 Å². The number of fused-ring (bicyclic) bond motifs is 1. The smallest absolute Gasteiger partial charge is 0.342 e. The molecule has 2 aromatic carbocycles. The van der Waals surface area contributed by atoms with Gasteiger partial charge in [-0.15, -0.1) is 0 Å². The lowest BCUT2D eigenvalue weighted by atomic mass is 10.00. The second kappa shape index (κ2) is 8.32. The summed E-state index contributed by atoms with van der Waals surface area (Å²) >= 11 is 0. The van der Waals surface area contributed by atoms with Crippen LogP contribution in [-0.4, -0.2) is 39.6 Å². The van der Waals surface area contributed by atoms with Crippen molar-refractivity contribution >= 4 is 16.9 Å². The number of carbonyl (C=O) groups excluding carboxylic acids is 1. The van der Waals surface area contributed by atoms with Gasteiger partial charge in [0.25, 0.3) is 0 Å². The molecule has 0 spiro atoms. The summed E-state index contributed by atoms with van der Waals surface area (Å²) < 4.78 is 54.0. The van der Waals surface area contributed by atoms with Crippen LogP contribution in [0.3, 0.4) is 0 Å². The summed E-state index contributed by atoms with van der Waals surface area (Å²) in [5.74, 6) is -1.21. The van der Waals surface area contributed by atoms with Crippen molar-refractivity contribution in [2.75, 3.05) is 13.1 Å². The van der Waals surface area contributed by atoms with Crippen molar-refractivity contribution in [2.45, 2.75) is 38.4 Å². The van der Waals surface area contributed by atoms with E-state index in [1.807, 2.05) is 34.9 Å². The molecule has 31 heavy (non-hydrogen) atoms. The van der Waals surface area contributed by atoms with Gasteiger partial charge >= 0.3 is 6.18 Å². The van der Waals surface area contributed by atoms with Gasteiger partial charge in [0.1, 0.15) is 11.6 Å². The van der Waals surface area contributed by atoms with E-state index >= 15 is 0 Å². The largest absolute Gasteiger partial charge is 0.389 e. The zero-order valence-corrected chi connectivity index (χ0v) is 17.1. The second-order valence-electron chi connectivity index (χ2n) is 8.08. The van der Waals surface area contributed by atoms with Crippen molar-refractivity contribution < 1.29 is 22.4 Å². The molecule has 2 heterocycles. The zero-order chi connectivity index (χ0) is 22.2.